The van der Waals surface area contributed by atoms with Gasteiger partial charge in [-0.1, -0.05) is 57.0 Å². The van der Waals surface area contributed by atoms with Gasteiger partial charge in [-0.3, -0.25) is 4.79 Å². The van der Waals surface area contributed by atoms with Gasteiger partial charge in [-0.2, -0.15) is 0 Å². The van der Waals surface area contributed by atoms with Crippen LogP contribution in [0.5, 0.6) is 0 Å². The molecule has 0 heterocycles. The first-order valence-electron chi connectivity index (χ1n) is 8.51. The number of carbonyl (C=O) groups excluding carboxylic acids is 1. The number of halogens is 1. The normalized spacial score (nSPS) is 12.3. The third kappa shape index (κ3) is 8.97. The Kier molecular flexibility index (Phi) is 10.9. The highest BCUT2D eigenvalue weighted by Gasteiger charge is 2.20. The Hall–Kier alpha value is -1.06. The number of hydrogen-bond acceptors (Lipinski definition) is 2. The highest BCUT2D eigenvalue weighted by atomic mass is 35.5. The Balaban J connectivity index is 0.00000484. The number of benzene rings is 1. The lowest BCUT2D eigenvalue weighted by atomic mass is 10.00. The molecule has 0 aliphatic rings. The van der Waals surface area contributed by atoms with Gasteiger partial charge < -0.3 is 21.6 Å². The van der Waals surface area contributed by atoms with Crippen LogP contribution in [0.2, 0.25) is 0 Å². The number of likely N-dealkylation sites (N-methyl/N-ethyl adjacent to an activating group) is 1. The van der Waals surface area contributed by atoms with E-state index in [4.69, 9.17) is 4.74 Å². The fraction of sp³-hybridized carbons (Fsp3) is 0.632. The number of hydrogen-bond donors (Lipinski definition) is 0. The van der Waals surface area contributed by atoms with Gasteiger partial charge >= 0.3 is 5.97 Å². The van der Waals surface area contributed by atoms with Gasteiger partial charge in [0.25, 0.3) is 0 Å². The van der Waals surface area contributed by atoms with Crippen molar-refractivity contribution in [2.45, 2.75) is 46.1 Å². The van der Waals surface area contributed by atoms with E-state index in [2.05, 4.69) is 52.2 Å². The molecule has 0 spiro atoms. The van der Waals surface area contributed by atoms with Crippen molar-refractivity contribution in [1.29, 1.82) is 0 Å². The van der Waals surface area contributed by atoms with Gasteiger partial charge in [0, 0.05) is 5.56 Å². The first-order valence-corrected chi connectivity index (χ1v) is 8.51. The molecule has 1 aromatic rings. The number of quaternary nitrogens is 1. The molecular weight excluding hydrogens is 310 g/mol. The van der Waals surface area contributed by atoms with Crippen LogP contribution in [0.25, 0.3) is 0 Å². The molecule has 0 N–H and O–H groups in total. The fourth-order valence-corrected chi connectivity index (χ4v) is 2.61. The Morgan fingerprint density at radius 1 is 1.17 bits per heavy atom. The van der Waals surface area contributed by atoms with Crippen LogP contribution >= 0.6 is 0 Å². The number of unbranched alkanes of at least 4 members (excludes halogenated alkanes) is 1. The SMILES string of the molecule is CCCCC(CC)C(=O)OCC[N+](C)(C)Cc1ccccc1.[Cl-]. The first-order chi connectivity index (χ1) is 10.5. The highest BCUT2D eigenvalue weighted by molar-refractivity contribution is 5.72. The molecule has 0 fully saturated rings. The van der Waals surface area contributed by atoms with Crippen LogP contribution in [0, 0.1) is 5.92 Å². The van der Waals surface area contributed by atoms with Gasteiger partial charge in [0.2, 0.25) is 0 Å². The molecule has 1 unspecified atom stereocenters. The average molecular weight is 342 g/mol. The largest absolute Gasteiger partial charge is 1.00 e. The van der Waals surface area contributed by atoms with E-state index in [0.717, 1.165) is 43.3 Å². The molecular formula is C19H32ClNO2. The van der Waals surface area contributed by atoms with Crippen LogP contribution in [0.3, 0.4) is 0 Å². The predicted molar refractivity (Wildman–Crippen MR) is 91.4 cm³/mol. The van der Waals surface area contributed by atoms with Crippen LogP contribution in [0.1, 0.15) is 45.1 Å². The molecule has 0 saturated heterocycles. The molecule has 3 nitrogen and oxygen atoms in total. The summed E-state index contributed by atoms with van der Waals surface area (Å²) < 4.78 is 6.33. The summed E-state index contributed by atoms with van der Waals surface area (Å²) in [6.45, 7) is 6.51. The van der Waals surface area contributed by atoms with Crippen molar-refractivity contribution in [1.82, 2.24) is 0 Å². The lowest BCUT2D eigenvalue weighted by Gasteiger charge is -2.29. The van der Waals surface area contributed by atoms with E-state index in [1.807, 2.05) is 6.07 Å². The molecule has 1 atom stereocenters. The zero-order valence-electron chi connectivity index (χ0n) is 15.1. The molecule has 0 radical (unpaired) electrons. The number of ether oxygens (including phenoxy) is 1. The van der Waals surface area contributed by atoms with Crippen molar-refractivity contribution in [2.24, 2.45) is 5.92 Å². The minimum Gasteiger partial charge on any atom is -1.00 e. The number of rotatable bonds is 10. The molecule has 23 heavy (non-hydrogen) atoms. The topological polar surface area (TPSA) is 26.3 Å². The highest BCUT2D eigenvalue weighted by Crippen LogP contribution is 2.15. The zero-order valence-corrected chi connectivity index (χ0v) is 15.8. The number of esters is 1. The van der Waals surface area contributed by atoms with Crippen molar-refractivity contribution in [3.05, 3.63) is 35.9 Å². The molecule has 0 saturated carbocycles. The zero-order chi connectivity index (χ0) is 16.4. The van der Waals surface area contributed by atoms with Gasteiger partial charge in [-0.15, -0.1) is 0 Å². The van der Waals surface area contributed by atoms with E-state index in [1.54, 1.807) is 0 Å². The Bertz CT molecular complexity index is 434. The average Bonchev–Trinajstić information content (AvgIpc) is 2.48. The molecule has 4 heteroatoms. The lowest BCUT2D eigenvalue weighted by molar-refractivity contribution is -0.903. The van der Waals surface area contributed by atoms with E-state index in [1.165, 1.54) is 5.56 Å². The van der Waals surface area contributed by atoms with Crippen LogP contribution in [0.15, 0.2) is 30.3 Å². The molecule has 1 rings (SSSR count). The minimum atomic E-state index is -0.0179. The minimum absolute atomic E-state index is 0. The third-order valence-corrected chi connectivity index (χ3v) is 4.13. The van der Waals surface area contributed by atoms with E-state index in [-0.39, 0.29) is 24.3 Å². The maximum absolute atomic E-state index is 12.1. The van der Waals surface area contributed by atoms with Crippen LogP contribution in [0.4, 0.5) is 0 Å². The Morgan fingerprint density at radius 3 is 2.39 bits per heavy atom. The molecule has 0 aliphatic carbocycles. The van der Waals surface area contributed by atoms with Gasteiger partial charge in [0.05, 0.1) is 20.0 Å². The van der Waals surface area contributed by atoms with E-state index in [9.17, 15) is 4.79 Å². The van der Waals surface area contributed by atoms with E-state index in [0.29, 0.717) is 6.61 Å². The molecule has 0 amide bonds. The van der Waals surface area contributed by atoms with Gasteiger partial charge in [-0.05, 0) is 12.8 Å². The number of carbonyl (C=O) groups is 1. The summed E-state index contributed by atoms with van der Waals surface area (Å²) in [6, 6.07) is 10.4. The lowest BCUT2D eigenvalue weighted by Crippen LogP contribution is -3.00. The standard InChI is InChI=1S/C19H32NO2.ClH/c1-5-7-13-18(6-2)19(21)22-15-14-20(3,4)16-17-11-9-8-10-12-17;/h8-12,18H,5-7,13-16H2,1-4H3;1H/q+1;/p-1. The van der Waals surface area contributed by atoms with Crippen LogP contribution < -0.4 is 12.4 Å². The van der Waals surface area contributed by atoms with Crippen molar-refractivity contribution in [3.63, 3.8) is 0 Å². The predicted octanol–water partition coefficient (Wildman–Crippen LogP) is 1.03. The van der Waals surface area contributed by atoms with Gasteiger partial charge in [0.15, 0.2) is 0 Å². The second kappa shape index (κ2) is 11.5. The van der Waals surface area contributed by atoms with Crippen molar-refractivity contribution >= 4 is 5.97 Å². The van der Waals surface area contributed by atoms with Crippen molar-refractivity contribution in [2.75, 3.05) is 27.2 Å². The van der Waals surface area contributed by atoms with Crippen LogP contribution in [-0.2, 0) is 16.1 Å². The summed E-state index contributed by atoms with van der Waals surface area (Å²) >= 11 is 0. The second-order valence-corrected chi connectivity index (χ2v) is 6.72. The first kappa shape index (κ1) is 21.9. The number of nitrogens with zero attached hydrogens (tertiary/aromatic N) is 1. The molecule has 0 aliphatic heterocycles. The molecule has 0 aromatic heterocycles. The van der Waals surface area contributed by atoms with Gasteiger partial charge in [-0.25, -0.2) is 0 Å². The summed E-state index contributed by atoms with van der Waals surface area (Å²) in [4.78, 5) is 12.1. The quantitative estimate of drug-likeness (QED) is 0.469. The van der Waals surface area contributed by atoms with Gasteiger partial charge in [0.1, 0.15) is 19.7 Å². The summed E-state index contributed by atoms with van der Waals surface area (Å²) in [5.41, 5.74) is 1.31. The fourth-order valence-electron chi connectivity index (χ4n) is 2.61. The Labute approximate surface area is 148 Å². The monoisotopic (exact) mass is 341 g/mol. The summed E-state index contributed by atoms with van der Waals surface area (Å²) in [7, 11) is 4.35. The summed E-state index contributed by atoms with van der Waals surface area (Å²) in [5.74, 6) is 0.0559. The van der Waals surface area contributed by atoms with E-state index < -0.39 is 0 Å². The smallest absolute Gasteiger partial charge is 0.309 e. The maximum Gasteiger partial charge on any atom is 0.309 e. The molecule has 132 valence electrons. The van der Waals surface area contributed by atoms with Crippen LogP contribution in [-0.4, -0.2) is 37.7 Å². The van der Waals surface area contributed by atoms with E-state index >= 15 is 0 Å². The summed E-state index contributed by atoms with van der Waals surface area (Å²) in [6.07, 6.45) is 4.06. The van der Waals surface area contributed by atoms with Crippen molar-refractivity contribution < 1.29 is 26.4 Å². The summed E-state index contributed by atoms with van der Waals surface area (Å²) in [5, 5.41) is 0. The second-order valence-electron chi connectivity index (χ2n) is 6.72. The Morgan fingerprint density at radius 2 is 1.83 bits per heavy atom. The molecule has 0 bridgehead atoms. The molecule has 1 aromatic carbocycles. The maximum atomic E-state index is 12.1. The third-order valence-electron chi connectivity index (χ3n) is 4.13. The van der Waals surface area contributed by atoms with Crippen molar-refractivity contribution in [3.8, 4) is 0 Å².